The molecule has 0 radical (unpaired) electrons. The largest absolute Gasteiger partial charge is 0.456 e. The number of hydrogen-bond acceptors (Lipinski definition) is 3. The minimum Gasteiger partial charge on any atom is -0.456 e. The number of ether oxygens (including phenoxy) is 1. The van der Waals surface area contributed by atoms with Crippen molar-refractivity contribution < 1.29 is 4.74 Å². The lowest BCUT2D eigenvalue weighted by atomic mass is 10.3. The lowest BCUT2D eigenvalue weighted by Crippen LogP contribution is -1.88. The van der Waals surface area contributed by atoms with Crippen LogP contribution in [-0.2, 0) is 0 Å². The fraction of sp³-hybridized carbons (Fsp3) is 0.0769. The van der Waals surface area contributed by atoms with Crippen LogP contribution in [0.1, 0.15) is 0 Å². The normalized spacial score (nSPS) is 10.2. The average molecular weight is 310 g/mol. The van der Waals surface area contributed by atoms with E-state index in [4.69, 9.17) is 10.5 Å². The number of nitrogen functional groups attached to an aromatic ring is 1. The van der Waals surface area contributed by atoms with Crippen LogP contribution < -0.4 is 10.5 Å². The highest BCUT2D eigenvalue weighted by molar-refractivity contribution is 9.10. The Morgan fingerprint density at radius 3 is 2.65 bits per heavy atom. The molecule has 17 heavy (non-hydrogen) atoms. The molecule has 0 aromatic heterocycles. The van der Waals surface area contributed by atoms with Gasteiger partial charge in [0, 0.05) is 16.6 Å². The first-order valence-corrected chi connectivity index (χ1v) is 7.08. The number of thioether (sulfide) groups is 1. The van der Waals surface area contributed by atoms with Crippen molar-refractivity contribution in [2.75, 3.05) is 12.0 Å². The molecule has 0 saturated carbocycles. The molecule has 0 fully saturated rings. The molecule has 0 unspecified atom stereocenters. The molecule has 2 N–H and O–H groups in total. The first kappa shape index (κ1) is 12.3. The maximum absolute atomic E-state index is 5.75. The van der Waals surface area contributed by atoms with Gasteiger partial charge in [0.1, 0.15) is 11.5 Å². The zero-order chi connectivity index (χ0) is 12.3. The van der Waals surface area contributed by atoms with Gasteiger partial charge in [0.25, 0.3) is 0 Å². The number of hydrogen-bond donors (Lipinski definition) is 1. The van der Waals surface area contributed by atoms with Crippen LogP contribution in [0, 0.1) is 0 Å². The second kappa shape index (κ2) is 5.47. The molecular weight excluding hydrogens is 298 g/mol. The first-order chi connectivity index (χ1) is 8.19. The number of benzene rings is 2. The zero-order valence-electron chi connectivity index (χ0n) is 9.31. The summed E-state index contributed by atoms with van der Waals surface area (Å²) in [5, 5.41) is 0. The monoisotopic (exact) mass is 309 g/mol. The van der Waals surface area contributed by atoms with Gasteiger partial charge in [-0.1, -0.05) is 6.07 Å². The van der Waals surface area contributed by atoms with E-state index in [0.717, 1.165) is 16.0 Å². The maximum atomic E-state index is 5.75. The molecule has 0 saturated heterocycles. The number of halogens is 1. The molecule has 4 heteroatoms. The molecule has 0 aliphatic rings. The lowest BCUT2D eigenvalue weighted by molar-refractivity contribution is 0.479. The SMILES string of the molecule is CSc1ccc(Oc2cccc(N)c2)c(Br)c1. The standard InChI is InChI=1S/C13H12BrNOS/c1-17-11-5-6-13(12(14)8-11)16-10-4-2-3-9(15)7-10/h2-8H,15H2,1H3. The van der Waals surface area contributed by atoms with Crippen molar-refractivity contribution in [2.45, 2.75) is 4.90 Å². The van der Waals surface area contributed by atoms with Crippen molar-refractivity contribution >= 4 is 33.4 Å². The Labute approximate surface area is 113 Å². The van der Waals surface area contributed by atoms with E-state index in [1.165, 1.54) is 4.90 Å². The quantitative estimate of drug-likeness (QED) is 0.667. The highest BCUT2D eigenvalue weighted by atomic mass is 79.9. The maximum Gasteiger partial charge on any atom is 0.141 e. The Kier molecular flexibility index (Phi) is 3.97. The minimum absolute atomic E-state index is 0.694. The van der Waals surface area contributed by atoms with Crippen molar-refractivity contribution in [3.8, 4) is 11.5 Å². The summed E-state index contributed by atoms with van der Waals surface area (Å²) in [5.41, 5.74) is 6.39. The van der Waals surface area contributed by atoms with Crippen LogP contribution in [0.25, 0.3) is 0 Å². The van der Waals surface area contributed by atoms with Crippen LogP contribution in [-0.4, -0.2) is 6.26 Å². The summed E-state index contributed by atoms with van der Waals surface area (Å²) in [6.45, 7) is 0. The van der Waals surface area contributed by atoms with Crippen LogP contribution in [0.4, 0.5) is 5.69 Å². The molecule has 0 atom stereocenters. The fourth-order valence-electron chi connectivity index (χ4n) is 1.40. The van der Waals surface area contributed by atoms with Crippen molar-refractivity contribution in [3.63, 3.8) is 0 Å². The Morgan fingerprint density at radius 2 is 2.00 bits per heavy atom. The van der Waals surface area contributed by atoms with E-state index >= 15 is 0 Å². The molecule has 0 bridgehead atoms. The van der Waals surface area contributed by atoms with Crippen molar-refractivity contribution in [2.24, 2.45) is 0 Å². The van der Waals surface area contributed by atoms with Crippen LogP contribution in [0.15, 0.2) is 51.8 Å². The van der Waals surface area contributed by atoms with Gasteiger partial charge in [-0.3, -0.25) is 0 Å². The number of rotatable bonds is 3. The van der Waals surface area contributed by atoms with Gasteiger partial charge in [-0.05, 0) is 52.5 Å². The van der Waals surface area contributed by atoms with E-state index in [0.29, 0.717) is 5.69 Å². The summed E-state index contributed by atoms with van der Waals surface area (Å²) < 4.78 is 6.69. The minimum atomic E-state index is 0.694. The van der Waals surface area contributed by atoms with Crippen LogP contribution in [0.3, 0.4) is 0 Å². The Bertz CT molecular complexity index is 531. The van der Waals surface area contributed by atoms with Gasteiger partial charge in [-0.15, -0.1) is 11.8 Å². The van der Waals surface area contributed by atoms with Gasteiger partial charge in [0.05, 0.1) is 4.47 Å². The predicted molar refractivity (Wildman–Crippen MR) is 76.9 cm³/mol. The number of anilines is 1. The third-order valence-corrected chi connectivity index (χ3v) is 3.57. The van der Waals surface area contributed by atoms with Gasteiger partial charge in [-0.25, -0.2) is 0 Å². The van der Waals surface area contributed by atoms with Crippen LogP contribution in [0.5, 0.6) is 11.5 Å². The summed E-state index contributed by atoms with van der Waals surface area (Å²) >= 11 is 5.19. The zero-order valence-corrected chi connectivity index (χ0v) is 11.7. The topological polar surface area (TPSA) is 35.2 Å². The molecule has 0 heterocycles. The van der Waals surface area contributed by atoms with Gasteiger partial charge in [0.2, 0.25) is 0 Å². The van der Waals surface area contributed by atoms with Crippen LogP contribution in [0.2, 0.25) is 0 Å². The van der Waals surface area contributed by atoms with E-state index in [2.05, 4.69) is 15.9 Å². The molecule has 0 spiro atoms. The summed E-state index contributed by atoms with van der Waals surface area (Å²) in [5.74, 6) is 1.52. The molecule has 0 aliphatic carbocycles. The van der Waals surface area contributed by atoms with Crippen LogP contribution >= 0.6 is 27.7 Å². The summed E-state index contributed by atoms with van der Waals surface area (Å²) in [4.78, 5) is 1.19. The van der Waals surface area contributed by atoms with Gasteiger partial charge in [0.15, 0.2) is 0 Å². The Hall–Kier alpha value is -1.13. The Balaban J connectivity index is 2.24. The third-order valence-electron chi connectivity index (χ3n) is 2.22. The number of nitrogens with two attached hydrogens (primary N) is 1. The predicted octanol–water partition coefficient (Wildman–Crippen LogP) is 4.55. The first-order valence-electron chi connectivity index (χ1n) is 5.06. The molecule has 2 rings (SSSR count). The van der Waals surface area contributed by atoms with Gasteiger partial charge < -0.3 is 10.5 Å². The molecule has 2 nitrogen and oxygen atoms in total. The van der Waals surface area contributed by atoms with E-state index in [9.17, 15) is 0 Å². The van der Waals surface area contributed by atoms with Gasteiger partial charge >= 0.3 is 0 Å². The van der Waals surface area contributed by atoms with E-state index in [-0.39, 0.29) is 0 Å². The van der Waals surface area contributed by atoms with Gasteiger partial charge in [-0.2, -0.15) is 0 Å². The van der Waals surface area contributed by atoms with Crippen molar-refractivity contribution in [1.29, 1.82) is 0 Å². The smallest absolute Gasteiger partial charge is 0.141 e. The molecule has 88 valence electrons. The fourth-order valence-corrected chi connectivity index (χ4v) is 2.45. The van der Waals surface area contributed by atoms with E-state index in [1.807, 2.05) is 42.7 Å². The molecule has 2 aromatic rings. The van der Waals surface area contributed by atoms with E-state index < -0.39 is 0 Å². The van der Waals surface area contributed by atoms with Crippen molar-refractivity contribution in [3.05, 3.63) is 46.9 Å². The lowest BCUT2D eigenvalue weighted by Gasteiger charge is -2.09. The van der Waals surface area contributed by atoms with E-state index in [1.54, 1.807) is 17.8 Å². The molecule has 2 aromatic carbocycles. The highest BCUT2D eigenvalue weighted by Crippen LogP contribution is 2.33. The molecular formula is C13H12BrNOS. The second-order valence-corrected chi connectivity index (χ2v) is 5.20. The summed E-state index contributed by atoms with van der Waals surface area (Å²) in [7, 11) is 0. The molecule has 0 aliphatic heterocycles. The highest BCUT2D eigenvalue weighted by Gasteiger charge is 2.04. The second-order valence-electron chi connectivity index (χ2n) is 3.47. The summed E-state index contributed by atoms with van der Waals surface area (Å²) in [6.07, 6.45) is 2.04. The average Bonchev–Trinajstić information content (AvgIpc) is 2.32. The van der Waals surface area contributed by atoms with Crippen molar-refractivity contribution in [1.82, 2.24) is 0 Å². The summed E-state index contributed by atoms with van der Waals surface area (Å²) in [6, 6.07) is 13.4. The third kappa shape index (κ3) is 3.17. The molecule has 0 amide bonds. The Morgan fingerprint density at radius 1 is 1.18 bits per heavy atom.